The third-order valence-electron chi connectivity index (χ3n) is 3.06. The molecule has 3 aromatic rings. The van der Waals surface area contributed by atoms with Gasteiger partial charge in [0.05, 0.1) is 0 Å². The maximum absolute atomic E-state index is 6.10. The van der Waals surface area contributed by atoms with Crippen LogP contribution < -0.4 is 5.84 Å². The molecule has 0 saturated carbocycles. The largest absolute Gasteiger partial charge is 0.335 e. The van der Waals surface area contributed by atoms with Gasteiger partial charge in [0.25, 0.3) is 0 Å². The summed E-state index contributed by atoms with van der Waals surface area (Å²) in [5.41, 5.74) is 3.37. The topological polar surface area (TPSA) is 108 Å². The van der Waals surface area contributed by atoms with Crippen LogP contribution in [0, 0.1) is 27.7 Å². The van der Waals surface area contributed by atoms with Gasteiger partial charge in [-0.3, -0.25) is 0 Å². The van der Waals surface area contributed by atoms with E-state index in [0.717, 1.165) is 22.8 Å². The van der Waals surface area contributed by atoms with E-state index >= 15 is 0 Å². The number of aromatic nitrogens is 7. The van der Waals surface area contributed by atoms with Crippen molar-refractivity contribution in [3.8, 4) is 23.3 Å². The summed E-state index contributed by atoms with van der Waals surface area (Å²) < 4.78 is 1.32. The first-order chi connectivity index (χ1) is 10.4. The van der Waals surface area contributed by atoms with Crippen LogP contribution in [0.4, 0.5) is 0 Å². The summed E-state index contributed by atoms with van der Waals surface area (Å²) in [4.78, 5) is 17.4. The minimum absolute atomic E-state index is 0.379. The van der Waals surface area contributed by atoms with Gasteiger partial charge in [0.2, 0.25) is 11.6 Å². The minimum Gasteiger partial charge on any atom is -0.335 e. The summed E-state index contributed by atoms with van der Waals surface area (Å²) in [6.45, 7) is 7.57. The van der Waals surface area contributed by atoms with Crippen molar-refractivity contribution in [1.29, 1.82) is 0 Å². The molecule has 8 nitrogen and oxygen atoms in total. The van der Waals surface area contributed by atoms with Crippen LogP contribution in [0.25, 0.3) is 23.3 Å². The standard InChI is InChI=1S/C14H16N8/c1-7-5-8(2)17-11(16-7)13-20-21-14(22(13)15)12-18-9(3)6-10(4)19-12/h5-6H,15H2,1-4H3. The van der Waals surface area contributed by atoms with Crippen LogP contribution in [0.2, 0.25) is 0 Å². The van der Waals surface area contributed by atoms with Gasteiger partial charge in [0.15, 0.2) is 11.6 Å². The van der Waals surface area contributed by atoms with E-state index in [1.165, 1.54) is 4.68 Å². The van der Waals surface area contributed by atoms with Crippen LogP contribution in [0.15, 0.2) is 12.1 Å². The van der Waals surface area contributed by atoms with Gasteiger partial charge in [-0.2, -0.15) is 0 Å². The first-order valence-corrected chi connectivity index (χ1v) is 6.80. The Bertz CT molecular complexity index is 743. The van der Waals surface area contributed by atoms with E-state index in [-0.39, 0.29) is 0 Å². The van der Waals surface area contributed by atoms with Crippen LogP contribution in [0.1, 0.15) is 22.8 Å². The number of aryl methyl sites for hydroxylation is 4. The molecule has 8 heteroatoms. The van der Waals surface area contributed by atoms with Crippen molar-refractivity contribution >= 4 is 0 Å². The molecule has 0 radical (unpaired) electrons. The highest BCUT2D eigenvalue weighted by atomic mass is 15.4. The highest BCUT2D eigenvalue weighted by Gasteiger charge is 2.18. The predicted octanol–water partition coefficient (Wildman–Crippen LogP) is 1.14. The Kier molecular flexibility index (Phi) is 3.28. The maximum atomic E-state index is 6.10. The number of hydrogen-bond acceptors (Lipinski definition) is 7. The van der Waals surface area contributed by atoms with Gasteiger partial charge in [0, 0.05) is 22.8 Å². The Labute approximate surface area is 127 Å². The lowest BCUT2D eigenvalue weighted by Gasteiger charge is -2.05. The fourth-order valence-corrected chi connectivity index (χ4v) is 2.25. The lowest BCUT2D eigenvalue weighted by Crippen LogP contribution is -2.14. The van der Waals surface area contributed by atoms with E-state index < -0.39 is 0 Å². The van der Waals surface area contributed by atoms with Crippen LogP contribution in [0.5, 0.6) is 0 Å². The average Bonchev–Trinajstić information content (AvgIpc) is 2.78. The lowest BCUT2D eigenvalue weighted by atomic mass is 10.3. The van der Waals surface area contributed by atoms with Gasteiger partial charge in [-0.15, -0.1) is 10.2 Å². The normalized spacial score (nSPS) is 10.9. The molecule has 0 aromatic carbocycles. The van der Waals surface area contributed by atoms with Crippen molar-refractivity contribution in [3.05, 3.63) is 34.9 Å². The van der Waals surface area contributed by atoms with Gasteiger partial charge in [-0.25, -0.2) is 24.6 Å². The second-order valence-electron chi connectivity index (χ2n) is 5.17. The Morgan fingerprint density at radius 1 is 0.682 bits per heavy atom. The van der Waals surface area contributed by atoms with Crippen molar-refractivity contribution in [3.63, 3.8) is 0 Å². The quantitative estimate of drug-likeness (QED) is 0.706. The summed E-state index contributed by atoms with van der Waals surface area (Å²) in [7, 11) is 0. The van der Waals surface area contributed by atoms with Gasteiger partial charge in [-0.05, 0) is 39.8 Å². The van der Waals surface area contributed by atoms with E-state index in [2.05, 4.69) is 30.1 Å². The van der Waals surface area contributed by atoms with Crippen molar-refractivity contribution in [1.82, 2.24) is 34.8 Å². The van der Waals surface area contributed by atoms with Crippen molar-refractivity contribution in [2.45, 2.75) is 27.7 Å². The molecule has 22 heavy (non-hydrogen) atoms. The average molecular weight is 296 g/mol. The van der Waals surface area contributed by atoms with E-state index in [1.54, 1.807) is 0 Å². The molecule has 0 aliphatic rings. The fraction of sp³-hybridized carbons (Fsp3) is 0.286. The Morgan fingerprint density at radius 3 is 1.32 bits per heavy atom. The zero-order valence-electron chi connectivity index (χ0n) is 12.9. The lowest BCUT2D eigenvalue weighted by molar-refractivity contribution is 0.943. The summed E-state index contributed by atoms with van der Waals surface area (Å²) in [6, 6.07) is 3.77. The van der Waals surface area contributed by atoms with Crippen LogP contribution in [-0.4, -0.2) is 34.8 Å². The number of nitrogen functional groups attached to an aromatic ring is 1. The Hall–Kier alpha value is -2.90. The highest BCUT2D eigenvalue weighted by molar-refractivity contribution is 5.53. The molecule has 0 aliphatic heterocycles. The van der Waals surface area contributed by atoms with Crippen molar-refractivity contribution in [2.75, 3.05) is 5.84 Å². The Morgan fingerprint density at radius 2 is 1.00 bits per heavy atom. The number of nitrogens with two attached hydrogens (primary N) is 1. The van der Waals surface area contributed by atoms with Crippen LogP contribution in [0.3, 0.4) is 0 Å². The molecule has 0 aliphatic carbocycles. The highest BCUT2D eigenvalue weighted by Crippen LogP contribution is 2.18. The smallest absolute Gasteiger partial charge is 0.220 e. The molecule has 2 N–H and O–H groups in total. The predicted molar refractivity (Wildman–Crippen MR) is 81.2 cm³/mol. The van der Waals surface area contributed by atoms with E-state index in [1.807, 2.05) is 39.8 Å². The summed E-state index contributed by atoms with van der Waals surface area (Å²) in [6.07, 6.45) is 0. The maximum Gasteiger partial charge on any atom is 0.220 e. The molecule has 3 heterocycles. The second kappa shape index (κ2) is 5.14. The molecule has 3 aromatic heterocycles. The van der Waals surface area contributed by atoms with Gasteiger partial charge < -0.3 is 5.84 Å². The van der Waals surface area contributed by atoms with Gasteiger partial charge in [0.1, 0.15) is 0 Å². The molecule has 0 fully saturated rings. The molecule has 3 rings (SSSR count). The van der Waals surface area contributed by atoms with Gasteiger partial charge in [-0.1, -0.05) is 0 Å². The molecule has 0 bridgehead atoms. The molecular formula is C14H16N8. The summed E-state index contributed by atoms with van der Waals surface area (Å²) in [5, 5.41) is 8.17. The third-order valence-corrected chi connectivity index (χ3v) is 3.06. The first-order valence-electron chi connectivity index (χ1n) is 6.80. The minimum atomic E-state index is 0.379. The van der Waals surface area contributed by atoms with Crippen molar-refractivity contribution in [2.24, 2.45) is 0 Å². The SMILES string of the molecule is Cc1cc(C)nc(-c2nnc(-c3nc(C)cc(C)n3)n2N)n1. The molecule has 112 valence electrons. The summed E-state index contributed by atoms with van der Waals surface area (Å²) >= 11 is 0. The zero-order chi connectivity index (χ0) is 15.9. The second-order valence-corrected chi connectivity index (χ2v) is 5.17. The molecular weight excluding hydrogens is 280 g/mol. The number of nitrogens with zero attached hydrogens (tertiary/aromatic N) is 7. The monoisotopic (exact) mass is 296 g/mol. The van der Waals surface area contributed by atoms with E-state index in [9.17, 15) is 0 Å². The summed E-state index contributed by atoms with van der Waals surface area (Å²) in [5.74, 6) is 7.72. The number of hydrogen-bond donors (Lipinski definition) is 1. The molecule has 0 saturated heterocycles. The molecule has 0 spiro atoms. The molecule has 0 atom stereocenters. The number of rotatable bonds is 2. The van der Waals surface area contributed by atoms with Crippen molar-refractivity contribution < 1.29 is 0 Å². The van der Waals surface area contributed by atoms with Crippen LogP contribution in [-0.2, 0) is 0 Å². The van der Waals surface area contributed by atoms with Gasteiger partial charge >= 0.3 is 0 Å². The first kappa shape index (κ1) is 14.1. The van der Waals surface area contributed by atoms with E-state index in [4.69, 9.17) is 5.84 Å². The Balaban J connectivity index is 2.12. The molecule has 0 amide bonds. The molecule has 0 unspecified atom stereocenters. The van der Waals surface area contributed by atoms with E-state index in [0.29, 0.717) is 23.3 Å². The third kappa shape index (κ3) is 2.50. The fourth-order valence-electron chi connectivity index (χ4n) is 2.25. The zero-order valence-corrected chi connectivity index (χ0v) is 12.9. The van der Waals surface area contributed by atoms with Crippen LogP contribution >= 0.6 is 0 Å².